The van der Waals surface area contributed by atoms with Crippen LogP contribution in [0.4, 0.5) is 0 Å². The molecule has 0 aliphatic rings. The summed E-state index contributed by atoms with van der Waals surface area (Å²) in [4.78, 5) is 24.6. The number of hydrogen-bond donors (Lipinski definition) is 1. The number of rotatable bonds is 6. The van der Waals surface area contributed by atoms with Gasteiger partial charge in [-0.2, -0.15) is 0 Å². The summed E-state index contributed by atoms with van der Waals surface area (Å²) in [5.41, 5.74) is 0.428. The number of aliphatic carboxylic acids is 1. The smallest absolute Gasteiger partial charge is 0.331 e. The van der Waals surface area contributed by atoms with Crippen molar-refractivity contribution >= 4 is 27.8 Å². The van der Waals surface area contributed by atoms with E-state index in [0.29, 0.717) is 21.5 Å². The van der Waals surface area contributed by atoms with Gasteiger partial charge < -0.3 is 19.5 Å². The van der Waals surface area contributed by atoms with Crippen molar-refractivity contribution in [3.8, 4) is 11.5 Å². The summed E-state index contributed by atoms with van der Waals surface area (Å²) >= 11 is 3.33. The van der Waals surface area contributed by atoms with E-state index in [1.54, 1.807) is 19.1 Å². The summed E-state index contributed by atoms with van der Waals surface area (Å²) in [5.74, 6) is -0.545. The molecule has 0 aromatic heterocycles. The maximum Gasteiger partial charge on any atom is 0.331 e. The average Bonchev–Trinajstić information content (AvgIpc) is 2.43. The van der Waals surface area contributed by atoms with Crippen LogP contribution in [-0.4, -0.2) is 42.6 Å². The first-order chi connectivity index (χ1) is 9.87. The fraction of sp³-hybridized carbons (Fsp3) is 0.429. The molecule has 1 N–H and O–H groups in total. The number of carbonyl (C=O) groups is 2. The first-order valence-corrected chi connectivity index (χ1v) is 7.08. The molecule has 1 rings (SSSR count). The predicted octanol–water partition coefficient (Wildman–Crippen LogP) is 2.46. The van der Waals surface area contributed by atoms with E-state index in [1.165, 1.54) is 26.0 Å². The zero-order chi connectivity index (χ0) is 16.2. The number of hydrogen-bond acceptors (Lipinski definition) is 4. The van der Waals surface area contributed by atoms with E-state index < -0.39 is 12.0 Å². The molecule has 0 saturated heterocycles. The van der Waals surface area contributed by atoms with Gasteiger partial charge in [0, 0.05) is 23.5 Å². The van der Waals surface area contributed by atoms with Crippen LogP contribution in [0.3, 0.4) is 0 Å². The average molecular weight is 360 g/mol. The number of ether oxygens (including phenoxy) is 2. The summed E-state index contributed by atoms with van der Waals surface area (Å²) in [7, 11) is 2.96. The van der Waals surface area contributed by atoms with Gasteiger partial charge in [0.15, 0.2) is 17.5 Å². The van der Waals surface area contributed by atoms with Gasteiger partial charge in [-0.05, 0) is 19.1 Å². The molecule has 1 aromatic rings. The van der Waals surface area contributed by atoms with E-state index in [0.717, 1.165) is 0 Å². The largest absolute Gasteiger partial charge is 0.493 e. The van der Waals surface area contributed by atoms with Crippen LogP contribution in [0.25, 0.3) is 0 Å². The molecule has 0 aliphatic heterocycles. The van der Waals surface area contributed by atoms with Crippen molar-refractivity contribution in [1.29, 1.82) is 0 Å². The molecule has 0 aliphatic carbocycles. The molecule has 1 unspecified atom stereocenters. The van der Waals surface area contributed by atoms with E-state index in [-0.39, 0.29) is 12.5 Å². The highest BCUT2D eigenvalue weighted by Crippen LogP contribution is 2.37. The molecular formula is C14H18BrNO5. The lowest BCUT2D eigenvalue weighted by Gasteiger charge is -2.28. The van der Waals surface area contributed by atoms with E-state index >= 15 is 0 Å². The first-order valence-electron chi connectivity index (χ1n) is 6.28. The van der Waals surface area contributed by atoms with Crippen LogP contribution in [0.1, 0.15) is 25.5 Å². The summed E-state index contributed by atoms with van der Waals surface area (Å²) in [6.45, 7) is 3.35. The Kier molecular flexibility index (Phi) is 6.02. The normalized spacial score (nSPS) is 11.7. The molecule has 6 nitrogen and oxygen atoms in total. The van der Waals surface area contributed by atoms with E-state index in [4.69, 9.17) is 9.47 Å². The molecule has 0 bridgehead atoms. The van der Waals surface area contributed by atoms with Crippen molar-refractivity contribution < 1.29 is 24.2 Å². The summed E-state index contributed by atoms with van der Waals surface area (Å²) < 4.78 is 10.9. The van der Waals surface area contributed by atoms with E-state index in [1.807, 2.05) is 0 Å². The van der Waals surface area contributed by atoms with Crippen LogP contribution < -0.4 is 9.47 Å². The molecule has 0 fully saturated rings. The molecular weight excluding hydrogens is 342 g/mol. The third-order valence-corrected chi connectivity index (χ3v) is 3.77. The number of benzene rings is 1. The minimum absolute atomic E-state index is 0.285. The maximum absolute atomic E-state index is 11.7. The van der Waals surface area contributed by atoms with Gasteiger partial charge in [0.2, 0.25) is 5.91 Å². The van der Waals surface area contributed by atoms with Crippen molar-refractivity contribution in [2.24, 2.45) is 0 Å². The first kappa shape index (κ1) is 17.3. The van der Waals surface area contributed by atoms with Crippen molar-refractivity contribution in [2.45, 2.75) is 19.9 Å². The second-order valence-electron chi connectivity index (χ2n) is 4.27. The summed E-state index contributed by atoms with van der Waals surface area (Å²) in [5, 5.41) is 9.50. The summed E-state index contributed by atoms with van der Waals surface area (Å²) in [6, 6.07) is 2.09. The monoisotopic (exact) mass is 359 g/mol. The molecule has 1 amide bonds. The Morgan fingerprint density at radius 1 is 1.29 bits per heavy atom. The molecule has 116 valence electrons. The zero-order valence-corrected chi connectivity index (χ0v) is 13.9. The van der Waals surface area contributed by atoms with Crippen LogP contribution in [0.5, 0.6) is 11.5 Å². The highest BCUT2D eigenvalue weighted by atomic mass is 79.9. The number of nitrogens with zero attached hydrogens (tertiary/aromatic N) is 1. The minimum atomic E-state index is -1.11. The minimum Gasteiger partial charge on any atom is -0.493 e. The van der Waals surface area contributed by atoms with Crippen molar-refractivity contribution in [3.63, 3.8) is 0 Å². The third-order valence-electron chi connectivity index (χ3n) is 3.09. The SMILES string of the molecule is CCN(C(C)=O)C(C(=O)O)c1cc(OC)c(OC)cc1Br. The van der Waals surface area contributed by atoms with Gasteiger partial charge in [0.05, 0.1) is 14.2 Å². The molecule has 1 aromatic carbocycles. The lowest BCUT2D eigenvalue weighted by Crippen LogP contribution is -2.37. The maximum atomic E-state index is 11.7. The van der Waals surface area contributed by atoms with E-state index in [9.17, 15) is 14.7 Å². The molecule has 7 heteroatoms. The van der Waals surface area contributed by atoms with Crippen LogP contribution in [0.2, 0.25) is 0 Å². The van der Waals surface area contributed by atoms with Crippen molar-refractivity contribution in [2.75, 3.05) is 20.8 Å². The van der Waals surface area contributed by atoms with E-state index in [2.05, 4.69) is 15.9 Å². The van der Waals surface area contributed by atoms with Gasteiger partial charge in [-0.3, -0.25) is 4.79 Å². The molecule has 0 radical (unpaired) electrons. The van der Waals surface area contributed by atoms with Crippen molar-refractivity contribution in [1.82, 2.24) is 4.90 Å². The van der Waals surface area contributed by atoms with Crippen molar-refractivity contribution in [3.05, 3.63) is 22.2 Å². The third kappa shape index (κ3) is 3.66. The molecule has 0 saturated carbocycles. The fourth-order valence-electron chi connectivity index (χ4n) is 2.10. The highest BCUT2D eigenvalue weighted by molar-refractivity contribution is 9.10. The van der Waals surface area contributed by atoms with Crippen LogP contribution in [0, 0.1) is 0 Å². The number of likely N-dealkylation sites (N-methyl/N-ethyl adjacent to an activating group) is 1. The standard InChI is InChI=1S/C14H18BrNO5/c1-5-16(8(2)17)13(14(18)19)9-6-11(20-3)12(21-4)7-10(9)15/h6-7,13H,5H2,1-4H3,(H,18,19). The van der Waals surface area contributed by atoms with Gasteiger partial charge in [-0.15, -0.1) is 0 Å². The van der Waals surface area contributed by atoms with Crippen LogP contribution in [-0.2, 0) is 9.59 Å². The van der Waals surface area contributed by atoms with Gasteiger partial charge in [-0.1, -0.05) is 15.9 Å². The Morgan fingerprint density at radius 3 is 2.19 bits per heavy atom. The lowest BCUT2D eigenvalue weighted by atomic mass is 10.0. The Balaban J connectivity index is 3.45. The number of amides is 1. The van der Waals surface area contributed by atoms with Crippen LogP contribution >= 0.6 is 15.9 Å². The Labute approximate surface area is 131 Å². The Bertz CT molecular complexity index is 546. The van der Waals surface area contributed by atoms with Gasteiger partial charge in [0.1, 0.15) is 0 Å². The highest BCUT2D eigenvalue weighted by Gasteiger charge is 2.31. The molecule has 1 atom stereocenters. The number of carboxylic acid groups (broad SMARTS) is 1. The van der Waals surface area contributed by atoms with Gasteiger partial charge in [0.25, 0.3) is 0 Å². The topological polar surface area (TPSA) is 76.1 Å². The summed E-state index contributed by atoms with van der Waals surface area (Å²) in [6.07, 6.45) is 0. The molecule has 21 heavy (non-hydrogen) atoms. The molecule has 0 heterocycles. The quantitative estimate of drug-likeness (QED) is 0.844. The second kappa shape index (κ2) is 7.31. The molecule has 0 spiro atoms. The zero-order valence-electron chi connectivity index (χ0n) is 12.3. The number of carboxylic acids is 1. The van der Waals surface area contributed by atoms with Gasteiger partial charge in [-0.25, -0.2) is 4.79 Å². The second-order valence-corrected chi connectivity index (χ2v) is 5.13. The number of halogens is 1. The lowest BCUT2D eigenvalue weighted by molar-refractivity contribution is -0.149. The predicted molar refractivity (Wildman–Crippen MR) is 80.7 cm³/mol. The number of carbonyl (C=O) groups excluding carboxylic acids is 1. The number of methoxy groups -OCH3 is 2. The fourth-order valence-corrected chi connectivity index (χ4v) is 2.64. The van der Waals surface area contributed by atoms with Crippen LogP contribution in [0.15, 0.2) is 16.6 Å². The Hall–Kier alpha value is -1.76. The Morgan fingerprint density at radius 2 is 1.81 bits per heavy atom. The van der Waals surface area contributed by atoms with Gasteiger partial charge >= 0.3 is 5.97 Å².